The first-order valence-electron chi connectivity index (χ1n) is 10.9. The summed E-state index contributed by atoms with van der Waals surface area (Å²) in [5.41, 5.74) is 10.2. The Balaban J connectivity index is 5.01. The highest BCUT2D eigenvalue weighted by Gasteiger charge is 2.31. The van der Waals surface area contributed by atoms with E-state index < -0.39 is 29.8 Å². The lowest BCUT2D eigenvalue weighted by Gasteiger charge is -2.34. The summed E-state index contributed by atoms with van der Waals surface area (Å²) in [7, 11) is 1.73. The van der Waals surface area contributed by atoms with Gasteiger partial charge in [0.25, 0.3) is 5.91 Å². The first-order valence-corrected chi connectivity index (χ1v) is 10.9. The Morgan fingerprint density at radius 2 is 1.68 bits per heavy atom. The molecule has 0 bridgehead atoms. The van der Waals surface area contributed by atoms with Crippen molar-refractivity contribution in [3.63, 3.8) is 0 Å². The molecule has 1 unspecified atom stereocenters. The number of Topliss-reactive ketones (excluding diaryl/α,β-unsaturated/α-hetero) is 1. The van der Waals surface area contributed by atoms with E-state index in [1.165, 1.54) is 0 Å². The molecule has 0 aliphatic heterocycles. The molecule has 6 N–H and O–H groups in total. The van der Waals surface area contributed by atoms with Crippen molar-refractivity contribution < 1.29 is 23.9 Å². The smallest absolute Gasteiger partial charge is 0.312 e. The van der Waals surface area contributed by atoms with Crippen molar-refractivity contribution in [2.45, 2.75) is 84.8 Å². The Hall–Kier alpha value is -2.20. The topological polar surface area (TPSA) is 157 Å². The minimum absolute atomic E-state index is 0.131. The molecule has 31 heavy (non-hydrogen) atoms. The van der Waals surface area contributed by atoms with Crippen molar-refractivity contribution in [1.29, 1.82) is 0 Å². The Bertz CT molecular complexity index is 611. The van der Waals surface area contributed by atoms with Crippen LogP contribution in [0.25, 0.3) is 0 Å². The lowest BCUT2D eigenvalue weighted by atomic mass is 9.82. The lowest BCUT2D eigenvalue weighted by Crippen LogP contribution is -2.53. The van der Waals surface area contributed by atoms with Crippen LogP contribution in [0.5, 0.6) is 0 Å². The van der Waals surface area contributed by atoms with Crippen LogP contribution < -0.4 is 22.1 Å². The number of nitrogens with one attached hydrogen (secondary N) is 2. The molecule has 4 amide bonds. The standard InChI is InChI=1S/C21H41N5O5/c1-7-10-11-14(17(27)18(22)28)24-19(29)15(8-2)26(6)13-31-12-16(25-20(23)30)21(4,5)9-3/h14-16H,7-13H2,1-6H3,(H2,22,28)(H,24,29)(H3,23,25,30)/t14?,15-,16+/m0/s1. The maximum atomic E-state index is 12.8. The van der Waals surface area contributed by atoms with Gasteiger partial charge in [0.2, 0.25) is 11.7 Å². The molecule has 0 aliphatic carbocycles. The zero-order valence-electron chi connectivity index (χ0n) is 19.8. The molecular formula is C21H41N5O5. The summed E-state index contributed by atoms with van der Waals surface area (Å²) in [4.78, 5) is 49.2. The Labute approximate surface area is 185 Å². The number of amides is 4. The van der Waals surface area contributed by atoms with Gasteiger partial charge in [0.1, 0.15) is 0 Å². The molecule has 0 aromatic heterocycles. The van der Waals surface area contributed by atoms with Crippen molar-refractivity contribution >= 4 is 23.6 Å². The predicted octanol–water partition coefficient (Wildman–Crippen LogP) is 0.873. The molecule has 0 saturated carbocycles. The Morgan fingerprint density at radius 1 is 1.06 bits per heavy atom. The molecule has 0 spiro atoms. The summed E-state index contributed by atoms with van der Waals surface area (Å²) in [6, 6.07) is -2.40. The van der Waals surface area contributed by atoms with Gasteiger partial charge in [-0.25, -0.2) is 4.79 Å². The third kappa shape index (κ3) is 10.1. The van der Waals surface area contributed by atoms with Crippen LogP contribution in [0.1, 0.15) is 66.7 Å². The van der Waals surface area contributed by atoms with E-state index in [0.717, 1.165) is 12.8 Å². The zero-order valence-corrected chi connectivity index (χ0v) is 19.8. The summed E-state index contributed by atoms with van der Waals surface area (Å²) in [6.45, 7) is 10.2. The quantitative estimate of drug-likeness (QED) is 0.205. The van der Waals surface area contributed by atoms with Crippen LogP contribution >= 0.6 is 0 Å². The summed E-state index contributed by atoms with van der Waals surface area (Å²) in [5, 5.41) is 5.38. The number of urea groups is 1. The molecule has 180 valence electrons. The molecule has 0 saturated heterocycles. The van der Waals surface area contributed by atoms with E-state index in [4.69, 9.17) is 16.2 Å². The van der Waals surface area contributed by atoms with Crippen molar-refractivity contribution in [3.8, 4) is 0 Å². The monoisotopic (exact) mass is 443 g/mol. The number of hydrogen-bond donors (Lipinski definition) is 4. The minimum Gasteiger partial charge on any atom is -0.364 e. The van der Waals surface area contributed by atoms with E-state index >= 15 is 0 Å². The predicted molar refractivity (Wildman–Crippen MR) is 119 cm³/mol. The average molecular weight is 444 g/mol. The van der Waals surface area contributed by atoms with Crippen molar-refractivity contribution in [3.05, 3.63) is 0 Å². The maximum absolute atomic E-state index is 12.8. The van der Waals surface area contributed by atoms with Gasteiger partial charge in [-0.15, -0.1) is 0 Å². The molecule has 3 atom stereocenters. The van der Waals surface area contributed by atoms with Crippen LogP contribution in [0.2, 0.25) is 0 Å². The van der Waals surface area contributed by atoms with E-state index in [0.29, 0.717) is 19.3 Å². The van der Waals surface area contributed by atoms with Gasteiger partial charge >= 0.3 is 6.03 Å². The number of ether oxygens (including phenoxy) is 1. The highest BCUT2D eigenvalue weighted by Crippen LogP contribution is 2.25. The van der Waals surface area contributed by atoms with Crippen molar-refractivity contribution in [1.82, 2.24) is 15.5 Å². The average Bonchev–Trinajstić information content (AvgIpc) is 2.69. The molecule has 0 heterocycles. The van der Waals surface area contributed by atoms with E-state index in [2.05, 4.69) is 10.6 Å². The highest BCUT2D eigenvalue weighted by molar-refractivity contribution is 6.37. The number of rotatable bonds is 16. The Kier molecular flexibility index (Phi) is 13.0. The third-order valence-electron chi connectivity index (χ3n) is 5.69. The van der Waals surface area contributed by atoms with Crippen molar-refractivity contribution in [2.24, 2.45) is 16.9 Å². The molecule has 10 nitrogen and oxygen atoms in total. The van der Waals surface area contributed by atoms with Gasteiger partial charge in [-0.05, 0) is 31.7 Å². The van der Waals surface area contributed by atoms with Crippen molar-refractivity contribution in [2.75, 3.05) is 20.4 Å². The fraction of sp³-hybridized carbons (Fsp3) is 0.810. The van der Waals surface area contributed by atoms with Crippen LogP contribution in [0, 0.1) is 5.41 Å². The van der Waals surface area contributed by atoms with Gasteiger partial charge in [0.15, 0.2) is 0 Å². The summed E-state index contributed by atoms with van der Waals surface area (Å²) in [6.07, 6.45) is 3.14. The number of primary amides is 2. The molecule has 0 rings (SSSR count). The molecule has 0 aromatic carbocycles. The molecule has 0 aromatic rings. The van der Waals surface area contributed by atoms with E-state index in [9.17, 15) is 19.2 Å². The van der Waals surface area contributed by atoms with Crippen LogP contribution in [-0.2, 0) is 19.1 Å². The summed E-state index contributed by atoms with van der Waals surface area (Å²) >= 11 is 0. The number of carbonyl (C=O) groups is 4. The number of hydrogen-bond acceptors (Lipinski definition) is 6. The second-order valence-corrected chi connectivity index (χ2v) is 8.52. The first-order chi connectivity index (χ1) is 14.4. The van der Waals surface area contributed by atoms with E-state index in [1.54, 1.807) is 11.9 Å². The van der Waals surface area contributed by atoms with Gasteiger partial charge in [-0.3, -0.25) is 19.3 Å². The first kappa shape index (κ1) is 28.8. The molecule has 10 heteroatoms. The molecule has 0 radical (unpaired) electrons. The van der Waals surface area contributed by atoms with Gasteiger partial charge in [0.05, 0.1) is 31.5 Å². The summed E-state index contributed by atoms with van der Waals surface area (Å²) in [5.74, 6) is -2.22. The fourth-order valence-electron chi connectivity index (χ4n) is 3.10. The molecule has 0 fully saturated rings. The van der Waals surface area contributed by atoms with Crippen LogP contribution in [0.3, 0.4) is 0 Å². The van der Waals surface area contributed by atoms with Gasteiger partial charge in [-0.1, -0.05) is 47.5 Å². The third-order valence-corrected chi connectivity index (χ3v) is 5.69. The van der Waals surface area contributed by atoms with E-state index in [-0.39, 0.29) is 30.7 Å². The van der Waals surface area contributed by atoms with Crippen LogP contribution in [-0.4, -0.2) is 67.0 Å². The number of ketones is 1. The second kappa shape index (κ2) is 14.0. The molecule has 0 aliphatic rings. The maximum Gasteiger partial charge on any atom is 0.312 e. The minimum atomic E-state index is -1.06. The highest BCUT2D eigenvalue weighted by atomic mass is 16.5. The Morgan fingerprint density at radius 3 is 2.13 bits per heavy atom. The van der Waals surface area contributed by atoms with E-state index in [1.807, 2.05) is 34.6 Å². The number of likely N-dealkylation sites (N-methyl/N-ethyl adjacent to an activating group) is 1. The van der Waals surface area contributed by atoms with Crippen LogP contribution in [0.4, 0.5) is 4.79 Å². The summed E-state index contributed by atoms with van der Waals surface area (Å²) < 4.78 is 5.77. The number of nitrogens with two attached hydrogens (primary N) is 2. The van der Waals surface area contributed by atoms with Crippen LogP contribution in [0.15, 0.2) is 0 Å². The largest absolute Gasteiger partial charge is 0.364 e. The molecular weight excluding hydrogens is 402 g/mol. The number of unbranched alkanes of at least 4 members (excludes halogenated alkanes) is 1. The fourth-order valence-corrected chi connectivity index (χ4v) is 3.10. The van der Waals surface area contributed by atoms with Gasteiger partial charge in [-0.2, -0.15) is 0 Å². The normalized spacial score (nSPS) is 14.5. The number of nitrogens with zero attached hydrogens (tertiary/aromatic N) is 1. The zero-order chi connectivity index (χ0) is 24.2. The number of carbonyl (C=O) groups excluding carboxylic acids is 4. The van der Waals surface area contributed by atoms with Gasteiger partial charge < -0.3 is 26.8 Å². The SMILES string of the molecule is CCCCC(NC(=O)[C@H](CC)N(C)COC[C@@H](NC(N)=O)C(C)(C)CC)C(=O)C(N)=O. The second-order valence-electron chi connectivity index (χ2n) is 8.52. The van der Waals surface area contributed by atoms with Gasteiger partial charge in [0, 0.05) is 0 Å². The lowest BCUT2D eigenvalue weighted by molar-refractivity contribution is -0.139.